The average molecular weight is 299 g/mol. The van der Waals surface area contributed by atoms with E-state index < -0.39 is 16.1 Å². The van der Waals surface area contributed by atoms with Gasteiger partial charge in [-0.1, -0.05) is 12.1 Å². The van der Waals surface area contributed by atoms with Gasteiger partial charge in [-0.25, -0.2) is 13.1 Å². The quantitative estimate of drug-likeness (QED) is 0.862. The zero-order valence-corrected chi connectivity index (χ0v) is 12.6. The molecule has 1 saturated heterocycles. The van der Waals surface area contributed by atoms with E-state index in [1.807, 2.05) is 6.92 Å². The molecule has 3 atom stereocenters. The Kier molecular flexibility index (Phi) is 4.80. The summed E-state index contributed by atoms with van der Waals surface area (Å²) in [7, 11) is -3.53. The molecule has 1 aliphatic heterocycles. The Balaban J connectivity index is 2.09. The molecule has 2 N–H and O–H groups in total. The van der Waals surface area contributed by atoms with Gasteiger partial charge in [0, 0.05) is 18.6 Å². The van der Waals surface area contributed by atoms with E-state index >= 15 is 0 Å². The molecule has 2 rings (SSSR count). The standard InChI is InChI=1S/C14H21NO4S/c1-10(13-7-8-19-9-13)15-20(17,18)14-5-3-12(4-6-14)11(2)16/h3-6,10-11,13,15-16H,7-9H2,1-2H3. The van der Waals surface area contributed by atoms with Crippen LogP contribution in [0, 0.1) is 5.92 Å². The summed E-state index contributed by atoms with van der Waals surface area (Å²) in [6, 6.07) is 6.13. The third-order valence-electron chi connectivity index (χ3n) is 3.69. The van der Waals surface area contributed by atoms with Crippen LogP contribution in [0.25, 0.3) is 0 Å². The molecule has 0 bridgehead atoms. The molecule has 1 fully saturated rings. The van der Waals surface area contributed by atoms with Crippen LogP contribution in [-0.4, -0.2) is 32.8 Å². The van der Waals surface area contributed by atoms with Crippen molar-refractivity contribution in [1.82, 2.24) is 4.72 Å². The highest BCUT2D eigenvalue weighted by atomic mass is 32.2. The molecule has 112 valence electrons. The monoisotopic (exact) mass is 299 g/mol. The molecule has 0 radical (unpaired) electrons. The molecule has 1 aliphatic rings. The minimum Gasteiger partial charge on any atom is -0.389 e. The number of sulfonamides is 1. The van der Waals surface area contributed by atoms with Crippen molar-refractivity contribution in [2.24, 2.45) is 5.92 Å². The van der Waals surface area contributed by atoms with Crippen molar-refractivity contribution in [3.8, 4) is 0 Å². The maximum Gasteiger partial charge on any atom is 0.240 e. The minimum atomic E-state index is -3.53. The number of ether oxygens (including phenoxy) is 1. The van der Waals surface area contributed by atoms with E-state index in [0.29, 0.717) is 18.8 Å². The summed E-state index contributed by atoms with van der Waals surface area (Å²) in [5.74, 6) is 0.224. The summed E-state index contributed by atoms with van der Waals surface area (Å²) in [6.45, 7) is 4.80. The fourth-order valence-corrected chi connectivity index (χ4v) is 3.59. The zero-order chi connectivity index (χ0) is 14.8. The van der Waals surface area contributed by atoms with Gasteiger partial charge in [-0.05, 0) is 38.0 Å². The topological polar surface area (TPSA) is 75.6 Å². The van der Waals surface area contributed by atoms with Crippen molar-refractivity contribution in [3.63, 3.8) is 0 Å². The summed E-state index contributed by atoms with van der Waals surface area (Å²) >= 11 is 0. The Morgan fingerprint density at radius 2 is 1.95 bits per heavy atom. The first-order chi connectivity index (χ1) is 9.40. The fraction of sp³-hybridized carbons (Fsp3) is 0.571. The zero-order valence-electron chi connectivity index (χ0n) is 11.7. The molecule has 1 aromatic rings. The first kappa shape index (κ1) is 15.4. The fourth-order valence-electron chi connectivity index (χ4n) is 2.28. The average Bonchev–Trinajstić information content (AvgIpc) is 2.92. The predicted octanol–water partition coefficient (Wildman–Crippen LogP) is 1.44. The summed E-state index contributed by atoms with van der Waals surface area (Å²) in [6.07, 6.45) is 0.277. The number of aliphatic hydroxyl groups is 1. The van der Waals surface area contributed by atoms with E-state index in [-0.39, 0.29) is 16.9 Å². The molecule has 5 nitrogen and oxygen atoms in total. The van der Waals surface area contributed by atoms with Crippen LogP contribution >= 0.6 is 0 Å². The molecule has 6 heteroatoms. The molecule has 0 saturated carbocycles. The second-order valence-corrected chi connectivity index (χ2v) is 6.99. The van der Waals surface area contributed by atoms with Crippen molar-refractivity contribution in [1.29, 1.82) is 0 Å². The van der Waals surface area contributed by atoms with Crippen LogP contribution in [0.3, 0.4) is 0 Å². The van der Waals surface area contributed by atoms with Crippen molar-refractivity contribution >= 4 is 10.0 Å². The second kappa shape index (κ2) is 6.22. The second-order valence-electron chi connectivity index (χ2n) is 5.28. The molecule has 0 aromatic heterocycles. The van der Waals surface area contributed by atoms with Crippen LogP contribution in [-0.2, 0) is 14.8 Å². The van der Waals surface area contributed by atoms with Crippen LogP contribution in [0.15, 0.2) is 29.2 Å². The summed E-state index contributed by atoms with van der Waals surface area (Å²) in [5.41, 5.74) is 0.696. The Morgan fingerprint density at radius 1 is 1.30 bits per heavy atom. The summed E-state index contributed by atoms with van der Waals surface area (Å²) < 4.78 is 32.5. The molecule has 3 unspecified atom stereocenters. The molecule has 20 heavy (non-hydrogen) atoms. The third kappa shape index (κ3) is 3.58. The third-order valence-corrected chi connectivity index (χ3v) is 5.26. The van der Waals surface area contributed by atoms with Gasteiger partial charge in [0.1, 0.15) is 0 Å². The lowest BCUT2D eigenvalue weighted by Gasteiger charge is -2.19. The van der Waals surface area contributed by atoms with Crippen LogP contribution in [0.5, 0.6) is 0 Å². The Bertz CT molecular complexity index is 533. The van der Waals surface area contributed by atoms with Gasteiger partial charge in [-0.15, -0.1) is 0 Å². The maximum atomic E-state index is 12.3. The van der Waals surface area contributed by atoms with E-state index in [4.69, 9.17) is 4.74 Å². The van der Waals surface area contributed by atoms with Gasteiger partial charge in [0.05, 0.1) is 17.6 Å². The van der Waals surface area contributed by atoms with Crippen LogP contribution < -0.4 is 4.72 Å². The van der Waals surface area contributed by atoms with Gasteiger partial charge >= 0.3 is 0 Å². The van der Waals surface area contributed by atoms with Crippen molar-refractivity contribution < 1.29 is 18.3 Å². The van der Waals surface area contributed by atoms with Gasteiger partial charge < -0.3 is 9.84 Å². The lowest BCUT2D eigenvalue weighted by Crippen LogP contribution is -2.38. The highest BCUT2D eigenvalue weighted by molar-refractivity contribution is 7.89. The number of hydrogen-bond donors (Lipinski definition) is 2. The van der Waals surface area contributed by atoms with E-state index in [1.54, 1.807) is 19.1 Å². The molecule has 1 heterocycles. The van der Waals surface area contributed by atoms with Gasteiger partial charge in [0.15, 0.2) is 0 Å². The van der Waals surface area contributed by atoms with Crippen LogP contribution in [0.4, 0.5) is 0 Å². The van der Waals surface area contributed by atoms with E-state index in [0.717, 1.165) is 6.42 Å². The normalized spacial score (nSPS) is 22.6. The largest absolute Gasteiger partial charge is 0.389 e. The predicted molar refractivity (Wildman–Crippen MR) is 75.8 cm³/mol. The molecule has 1 aromatic carbocycles. The Morgan fingerprint density at radius 3 is 2.45 bits per heavy atom. The minimum absolute atomic E-state index is 0.154. The van der Waals surface area contributed by atoms with E-state index in [2.05, 4.69) is 4.72 Å². The van der Waals surface area contributed by atoms with Crippen LogP contribution in [0.1, 0.15) is 31.9 Å². The molecule has 0 aliphatic carbocycles. The molecular weight excluding hydrogens is 278 g/mol. The first-order valence-electron chi connectivity index (χ1n) is 6.78. The van der Waals surface area contributed by atoms with Gasteiger partial charge in [-0.2, -0.15) is 0 Å². The smallest absolute Gasteiger partial charge is 0.240 e. The van der Waals surface area contributed by atoms with Gasteiger partial charge in [0.2, 0.25) is 10.0 Å². The van der Waals surface area contributed by atoms with E-state index in [1.165, 1.54) is 12.1 Å². The molecule has 0 amide bonds. The van der Waals surface area contributed by atoms with Crippen LogP contribution in [0.2, 0.25) is 0 Å². The summed E-state index contributed by atoms with van der Waals surface area (Å²) in [5, 5.41) is 9.43. The lowest BCUT2D eigenvalue weighted by molar-refractivity contribution is 0.180. The van der Waals surface area contributed by atoms with Crippen molar-refractivity contribution in [2.75, 3.05) is 13.2 Å². The highest BCUT2D eigenvalue weighted by Gasteiger charge is 2.26. The number of benzene rings is 1. The number of nitrogens with one attached hydrogen (secondary N) is 1. The Hall–Kier alpha value is -0.950. The van der Waals surface area contributed by atoms with E-state index in [9.17, 15) is 13.5 Å². The lowest BCUT2D eigenvalue weighted by atomic mass is 10.0. The van der Waals surface area contributed by atoms with Gasteiger partial charge in [-0.3, -0.25) is 0 Å². The summed E-state index contributed by atoms with van der Waals surface area (Å²) in [4.78, 5) is 0.215. The number of rotatable bonds is 5. The first-order valence-corrected chi connectivity index (χ1v) is 8.26. The maximum absolute atomic E-state index is 12.3. The number of hydrogen-bond acceptors (Lipinski definition) is 4. The highest BCUT2D eigenvalue weighted by Crippen LogP contribution is 2.20. The number of aliphatic hydroxyl groups excluding tert-OH is 1. The SMILES string of the molecule is CC(O)c1ccc(S(=O)(=O)NC(C)C2CCOC2)cc1. The molecular formula is C14H21NO4S. The van der Waals surface area contributed by atoms with Crippen molar-refractivity contribution in [2.45, 2.75) is 37.3 Å². The van der Waals surface area contributed by atoms with Gasteiger partial charge in [0.25, 0.3) is 0 Å². The Labute approximate surface area is 120 Å². The molecule has 0 spiro atoms. The van der Waals surface area contributed by atoms with Crippen molar-refractivity contribution in [3.05, 3.63) is 29.8 Å².